The molecule has 1 aliphatic rings. The van der Waals surface area contributed by atoms with Crippen LogP contribution in [0, 0.1) is 5.82 Å². The highest BCUT2D eigenvalue weighted by molar-refractivity contribution is 7.99. The Kier molecular flexibility index (Phi) is 7.06. The number of benzene rings is 2. The number of hydrogen-bond donors (Lipinski definition) is 0. The Bertz CT molecular complexity index is 1100. The number of Topliss-reactive ketones (excluding diaryl/α,β-unsaturated/α-hetero) is 1. The van der Waals surface area contributed by atoms with Gasteiger partial charge in [-0.3, -0.25) is 9.36 Å². The first kappa shape index (κ1) is 21.9. The van der Waals surface area contributed by atoms with Crippen molar-refractivity contribution >= 4 is 17.5 Å². The average molecular weight is 456 g/mol. The molecule has 0 aliphatic carbocycles. The molecule has 0 unspecified atom stereocenters. The monoisotopic (exact) mass is 455 g/mol. The van der Waals surface area contributed by atoms with Crippen molar-refractivity contribution in [2.45, 2.75) is 24.7 Å². The quantitative estimate of drug-likeness (QED) is 0.270. The molecule has 4 rings (SSSR count). The van der Waals surface area contributed by atoms with Crippen LogP contribution in [0.3, 0.4) is 0 Å². The van der Waals surface area contributed by atoms with Crippen LogP contribution in [0.1, 0.15) is 22.6 Å². The third-order valence-electron chi connectivity index (χ3n) is 4.69. The van der Waals surface area contributed by atoms with Crippen LogP contribution < -0.4 is 14.2 Å². The summed E-state index contributed by atoms with van der Waals surface area (Å²) in [6.45, 7) is 5.56. The minimum Gasteiger partial charge on any atom is -0.490 e. The predicted octanol–water partition coefficient (Wildman–Crippen LogP) is 4.32. The number of carbonyl (C=O) groups is 1. The maximum absolute atomic E-state index is 13.1. The molecule has 2 heterocycles. The summed E-state index contributed by atoms with van der Waals surface area (Å²) in [6, 6.07) is 11.0. The molecule has 0 saturated heterocycles. The van der Waals surface area contributed by atoms with Crippen LogP contribution in [0.5, 0.6) is 17.2 Å². The van der Waals surface area contributed by atoms with Gasteiger partial charge in [0.05, 0.1) is 19.0 Å². The van der Waals surface area contributed by atoms with E-state index in [2.05, 4.69) is 16.8 Å². The van der Waals surface area contributed by atoms with Gasteiger partial charge in [-0.25, -0.2) is 4.39 Å². The summed E-state index contributed by atoms with van der Waals surface area (Å²) in [5, 5.41) is 8.97. The SMILES string of the molecule is C=CCn1c(COc2ccc(F)cc2)nnc1SCC(=O)c1ccc2c(c1)OCCCO2. The van der Waals surface area contributed by atoms with Crippen LogP contribution in [-0.4, -0.2) is 39.5 Å². The number of allylic oxidation sites excluding steroid dienone is 1. The number of aromatic nitrogens is 3. The molecule has 9 heteroatoms. The van der Waals surface area contributed by atoms with E-state index in [1.165, 1.54) is 23.9 Å². The third-order valence-corrected chi connectivity index (χ3v) is 5.66. The fraction of sp³-hybridized carbons (Fsp3) is 0.261. The lowest BCUT2D eigenvalue weighted by atomic mass is 10.1. The minimum atomic E-state index is -0.330. The van der Waals surface area contributed by atoms with Crippen LogP contribution in [0.4, 0.5) is 4.39 Å². The van der Waals surface area contributed by atoms with E-state index in [1.54, 1.807) is 36.4 Å². The first-order valence-corrected chi connectivity index (χ1v) is 11.1. The average Bonchev–Trinajstić information content (AvgIpc) is 3.02. The van der Waals surface area contributed by atoms with Gasteiger partial charge < -0.3 is 14.2 Å². The van der Waals surface area contributed by atoms with E-state index in [0.29, 0.717) is 53.6 Å². The molecule has 1 aliphatic heterocycles. The van der Waals surface area contributed by atoms with E-state index in [0.717, 1.165) is 6.42 Å². The zero-order valence-electron chi connectivity index (χ0n) is 17.3. The number of hydrogen-bond acceptors (Lipinski definition) is 7. The van der Waals surface area contributed by atoms with Gasteiger partial charge in [0, 0.05) is 18.5 Å². The van der Waals surface area contributed by atoms with Gasteiger partial charge in [-0.15, -0.1) is 16.8 Å². The Morgan fingerprint density at radius 1 is 1.16 bits per heavy atom. The number of ether oxygens (including phenoxy) is 3. The van der Waals surface area contributed by atoms with Gasteiger partial charge in [0.2, 0.25) is 0 Å². The summed E-state index contributed by atoms with van der Waals surface area (Å²) in [7, 11) is 0. The number of rotatable bonds is 9. The lowest BCUT2D eigenvalue weighted by Gasteiger charge is -2.10. The fourth-order valence-corrected chi connectivity index (χ4v) is 3.94. The molecule has 0 radical (unpaired) electrons. The molecule has 0 amide bonds. The first-order valence-electron chi connectivity index (χ1n) is 10.1. The van der Waals surface area contributed by atoms with Crippen molar-refractivity contribution in [3.05, 3.63) is 72.3 Å². The second kappa shape index (κ2) is 10.3. The number of ketones is 1. The molecule has 2 aromatic carbocycles. The normalized spacial score (nSPS) is 12.8. The minimum absolute atomic E-state index is 0.0529. The van der Waals surface area contributed by atoms with Crippen molar-refractivity contribution in [3.8, 4) is 17.2 Å². The summed E-state index contributed by atoms with van der Waals surface area (Å²) < 4.78 is 31.9. The number of halogens is 1. The van der Waals surface area contributed by atoms with Crippen LogP contribution in [0.25, 0.3) is 0 Å². The Hall–Kier alpha value is -3.33. The second-order valence-electron chi connectivity index (χ2n) is 6.96. The Balaban J connectivity index is 1.41. The summed E-state index contributed by atoms with van der Waals surface area (Å²) >= 11 is 1.29. The van der Waals surface area contributed by atoms with Crippen LogP contribution in [0.2, 0.25) is 0 Å². The number of fused-ring (bicyclic) bond motifs is 1. The molecular weight excluding hydrogens is 433 g/mol. The first-order chi connectivity index (χ1) is 15.6. The second-order valence-corrected chi connectivity index (χ2v) is 7.91. The smallest absolute Gasteiger partial charge is 0.192 e. The zero-order valence-corrected chi connectivity index (χ0v) is 18.1. The lowest BCUT2D eigenvalue weighted by Crippen LogP contribution is -2.09. The molecule has 0 atom stereocenters. The summed E-state index contributed by atoms with van der Waals surface area (Å²) in [5.41, 5.74) is 0.552. The van der Waals surface area contributed by atoms with E-state index in [1.807, 2.05) is 4.57 Å². The Morgan fingerprint density at radius 3 is 2.72 bits per heavy atom. The summed E-state index contributed by atoms with van der Waals surface area (Å²) in [5.74, 6) is 2.16. The van der Waals surface area contributed by atoms with E-state index in [9.17, 15) is 9.18 Å². The summed E-state index contributed by atoms with van der Waals surface area (Å²) in [6.07, 6.45) is 2.53. The highest BCUT2D eigenvalue weighted by Crippen LogP contribution is 2.31. The molecule has 3 aromatic rings. The van der Waals surface area contributed by atoms with Crippen molar-refractivity contribution in [1.29, 1.82) is 0 Å². The van der Waals surface area contributed by atoms with Crippen molar-refractivity contribution in [2.24, 2.45) is 0 Å². The zero-order chi connectivity index (χ0) is 22.3. The molecule has 0 spiro atoms. The van der Waals surface area contributed by atoms with Gasteiger partial charge in [-0.2, -0.15) is 0 Å². The van der Waals surface area contributed by atoms with Gasteiger partial charge in [0.25, 0.3) is 0 Å². The van der Waals surface area contributed by atoms with Crippen LogP contribution in [-0.2, 0) is 13.2 Å². The number of thioether (sulfide) groups is 1. The van der Waals surface area contributed by atoms with Crippen molar-refractivity contribution in [1.82, 2.24) is 14.8 Å². The molecular formula is C23H22FN3O4S. The van der Waals surface area contributed by atoms with Gasteiger partial charge in [-0.1, -0.05) is 17.8 Å². The number of nitrogens with zero attached hydrogens (tertiary/aromatic N) is 3. The van der Waals surface area contributed by atoms with Crippen molar-refractivity contribution in [2.75, 3.05) is 19.0 Å². The number of carbonyl (C=O) groups excluding carboxylic acids is 1. The maximum atomic E-state index is 13.1. The van der Waals surface area contributed by atoms with Gasteiger partial charge in [0.1, 0.15) is 18.2 Å². The van der Waals surface area contributed by atoms with E-state index in [-0.39, 0.29) is 24.0 Å². The topological polar surface area (TPSA) is 75.5 Å². The third kappa shape index (κ3) is 5.28. The summed E-state index contributed by atoms with van der Waals surface area (Å²) in [4.78, 5) is 12.8. The Labute approximate surface area is 189 Å². The highest BCUT2D eigenvalue weighted by Gasteiger charge is 2.17. The highest BCUT2D eigenvalue weighted by atomic mass is 32.2. The lowest BCUT2D eigenvalue weighted by molar-refractivity contribution is 0.102. The van der Waals surface area contributed by atoms with Crippen LogP contribution >= 0.6 is 11.8 Å². The molecule has 7 nitrogen and oxygen atoms in total. The molecule has 32 heavy (non-hydrogen) atoms. The van der Waals surface area contributed by atoms with E-state index in [4.69, 9.17) is 14.2 Å². The standard InChI is InChI=1S/C23H22FN3O4S/c1-2-10-27-22(14-31-18-7-5-17(24)6-8-18)25-26-23(27)32-15-19(28)16-4-9-20-21(13-16)30-12-3-11-29-20/h2,4-9,13H,1,3,10-12,14-15H2. The molecule has 0 bridgehead atoms. The van der Waals surface area contributed by atoms with E-state index >= 15 is 0 Å². The van der Waals surface area contributed by atoms with Gasteiger partial charge in [0.15, 0.2) is 28.3 Å². The fourth-order valence-electron chi connectivity index (χ4n) is 3.07. The van der Waals surface area contributed by atoms with Gasteiger partial charge in [-0.05, 0) is 42.5 Å². The van der Waals surface area contributed by atoms with Crippen LogP contribution in [0.15, 0.2) is 60.3 Å². The van der Waals surface area contributed by atoms with Crippen molar-refractivity contribution in [3.63, 3.8) is 0 Å². The largest absolute Gasteiger partial charge is 0.490 e. The maximum Gasteiger partial charge on any atom is 0.192 e. The molecule has 0 N–H and O–H groups in total. The van der Waals surface area contributed by atoms with Gasteiger partial charge >= 0.3 is 0 Å². The van der Waals surface area contributed by atoms with Crippen molar-refractivity contribution < 1.29 is 23.4 Å². The molecule has 0 fully saturated rings. The molecule has 0 saturated carbocycles. The predicted molar refractivity (Wildman–Crippen MR) is 118 cm³/mol. The Morgan fingerprint density at radius 2 is 1.94 bits per heavy atom. The van der Waals surface area contributed by atoms with E-state index < -0.39 is 0 Å². The molecule has 166 valence electrons. The molecule has 1 aromatic heterocycles.